The summed E-state index contributed by atoms with van der Waals surface area (Å²) in [5.74, 6) is 0.132. The van der Waals surface area contributed by atoms with E-state index in [0.29, 0.717) is 12.1 Å². The number of carbonyl (C=O) groups is 1. The zero-order valence-corrected chi connectivity index (χ0v) is 15.0. The Balaban J connectivity index is 1.40. The minimum absolute atomic E-state index is 0.0285. The number of amides is 1. The minimum Gasteiger partial charge on any atom is -0.338 e. The molecule has 1 atom stereocenters. The molecule has 0 aromatic heterocycles. The molecular weight excluding hydrogens is 327 g/mol. The topological polar surface area (TPSA) is 23.6 Å². The summed E-state index contributed by atoms with van der Waals surface area (Å²) in [4.78, 5) is 17.3. The summed E-state index contributed by atoms with van der Waals surface area (Å²) in [7, 11) is 0. The van der Waals surface area contributed by atoms with Crippen LogP contribution in [-0.4, -0.2) is 35.3 Å². The van der Waals surface area contributed by atoms with Gasteiger partial charge in [0.1, 0.15) is 5.82 Å². The van der Waals surface area contributed by atoms with Crippen molar-refractivity contribution in [1.29, 1.82) is 0 Å². The van der Waals surface area contributed by atoms with Gasteiger partial charge in [0, 0.05) is 31.7 Å². The van der Waals surface area contributed by atoms with Crippen molar-refractivity contribution < 1.29 is 9.18 Å². The van der Waals surface area contributed by atoms with E-state index in [9.17, 15) is 9.18 Å². The van der Waals surface area contributed by atoms with E-state index in [4.69, 9.17) is 0 Å². The van der Waals surface area contributed by atoms with Gasteiger partial charge in [-0.2, -0.15) is 0 Å². The van der Waals surface area contributed by atoms with Gasteiger partial charge in [-0.25, -0.2) is 4.39 Å². The van der Waals surface area contributed by atoms with Gasteiger partial charge in [0.15, 0.2) is 0 Å². The zero-order valence-electron chi connectivity index (χ0n) is 15.0. The highest BCUT2D eigenvalue weighted by atomic mass is 19.1. The van der Waals surface area contributed by atoms with Gasteiger partial charge in [0.25, 0.3) is 0 Å². The summed E-state index contributed by atoms with van der Waals surface area (Å²) in [5, 5.41) is 0. The minimum atomic E-state index is -0.159. The summed E-state index contributed by atoms with van der Waals surface area (Å²) in [6.07, 6.45) is 2.87. The lowest BCUT2D eigenvalue weighted by molar-refractivity contribution is -0.138. The Morgan fingerprint density at radius 3 is 2.65 bits per heavy atom. The Morgan fingerprint density at radius 2 is 1.81 bits per heavy atom. The molecule has 2 aliphatic heterocycles. The molecule has 0 N–H and O–H groups in total. The van der Waals surface area contributed by atoms with Gasteiger partial charge in [-0.05, 0) is 43.0 Å². The molecule has 4 heteroatoms. The summed E-state index contributed by atoms with van der Waals surface area (Å²) >= 11 is 0. The standard InChI is InChI=1S/C22H25FN2O/c23-21-10-4-3-8-19(21)14-24-12-5-9-20(15-24)22(26)25-13-11-17-6-1-2-7-18(17)16-25/h1-4,6-8,10,20H,5,9,11-16H2/t20-/m0/s1. The molecule has 1 amide bonds. The first-order valence-corrected chi connectivity index (χ1v) is 9.52. The maximum atomic E-state index is 13.9. The molecule has 2 aromatic carbocycles. The predicted octanol–water partition coefficient (Wildman–Crippen LogP) is 3.62. The Labute approximate surface area is 154 Å². The van der Waals surface area contributed by atoms with Crippen LogP contribution in [0.5, 0.6) is 0 Å². The third-order valence-corrected chi connectivity index (χ3v) is 5.65. The maximum Gasteiger partial charge on any atom is 0.227 e. The Hall–Kier alpha value is -2.20. The monoisotopic (exact) mass is 352 g/mol. The second-order valence-electron chi connectivity index (χ2n) is 7.44. The Bertz CT molecular complexity index is 791. The number of piperidine rings is 1. The van der Waals surface area contributed by atoms with Crippen LogP contribution in [0.2, 0.25) is 0 Å². The smallest absolute Gasteiger partial charge is 0.227 e. The fourth-order valence-corrected chi connectivity index (χ4v) is 4.21. The van der Waals surface area contributed by atoms with Crippen LogP contribution < -0.4 is 0 Å². The lowest BCUT2D eigenvalue weighted by Gasteiger charge is -2.36. The second-order valence-corrected chi connectivity index (χ2v) is 7.44. The van der Waals surface area contributed by atoms with E-state index in [2.05, 4.69) is 23.1 Å². The molecule has 136 valence electrons. The Morgan fingerprint density at radius 1 is 1.04 bits per heavy atom. The van der Waals surface area contributed by atoms with Gasteiger partial charge < -0.3 is 4.90 Å². The van der Waals surface area contributed by atoms with E-state index in [1.165, 1.54) is 17.2 Å². The lowest BCUT2D eigenvalue weighted by atomic mass is 9.93. The van der Waals surface area contributed by atoms with Crippen molar-refractivity contribution in [3.63, 3.8) is 0 Å². The highest BCUT2D eigenvalue weighted by Gasteiger charge is 2.31. The molecule has 2 heterocycles. The number of nitrogens with zero attached hydrogens (tertiary/aromatic N) is 2. The van der Waals surface area contributed by atoms with Gasteiger partial charge in [-0.3, -0.25) is 9.69 Å². The molecule has 0 unspecified atom stereocenters. The van der Waals surface area contributed by atoms with Crippen LogP contribution in [-0.2, 0) is 24.3 Å². The van der Waals surface area contributed by atoms with Crippen LogP contribution in [0.3, 0.4) is 0 Å². The highest BCUT2D eigenvalue weighted by Crippen LogP contribution is 2.25. The molecule has 2 aromatic rings. The molecule has 1 saturated heterocycles. The molecule has 0 aliphatic carbocycles. The van der Waals surface area contributed by atoms with Crippen molar-refractivity contribution in [3.8, 4) is 0 Å². The number of hydrogen-bond donors (Lipinski definition) is 0. The summed E-state index contributed by atoms with van der Waals surface area (Å²) < 4.78 is 13.9. The van der Waals surface area contributed by atoms with Gasteiger partial charge in [-0.1, -0.05) is 42.5 Å². The number of halogens is 1. The fourth-order valence-electron chi connectivity index (χ4n) is 4.21. The number of benzene rings is 2. The molecule has 0 saturated carbocycles. The van der Waals surface area contributed by atoms with E-state index < -0.39 is 0 Å². The third-order valence-electron chi connectivity index (χ3n) is 5.65. The summed E-state index contributed by atoms with van der Waals surface area (Å²) in [6, 6.07) is 15.3. The number of likely N-dealkylation sites (tertiary alicyclic amines) is 1. The van der Waals surface area contributed by atoms with E-state index >= 15 is 0 Å². The summed E-state index contributed by atoms with van der Waals surface area (Å²) in [6.45, 7) is 3.77. The van der Waals surface area contributed by atoms with E-state index in [1.807, 2.05) is 23.1 Å². The molecule has 0 radical (unpaired) electrons. The van der Waals surface area contributed by atoms with Gasteiger partial charge in [0.05, 0.1) is 5.92 Å². The average Bonchev–Trinajstić information content (AvgIpc) is 2.69. The first kappa shape index (κ1) is 17.2. The maximum absolute atomic E-state index is 13.9. The highest BCUT2D eigenvalue weighted by molar-refractivity contribution is 5.79. The average molecular weight is 352 g/mol. The molecular formula is C22H25FN2O. The van der Waals surface area contributed by atoms with Crippen LogP contribution in [0.15, 0.2) is 48.5 Å². The first-order chi connectivity index (χ1) is 12.7. The molecule has 1 fully saturated rings. The number of fused-ring (bicyclic) bond motifs is 1. The summed E-state index contributed by atoms with van der Waals surface area (Å²) in [5.41, 5.74) is 3.35. The molecule has 4 rings (SSSR count). The van der Waals surface area contributed by atoms with Crippen LogP contribution in [0.25, 0.3) is 0 Å². The van der Waals surface area contributed by atoms with Gasteiger partial charge >= 0.3 is 0 Å². The van der Waals surface area contributed by atoms with Crippen molar-refractivity contribution >= 4 is 5.91 Å². The normalized spacial score (nSPS) is 20.7. The quantitative estimate of drug-likeness (QED) is 0.842. The zero-order chi connectivity index (χ0) is 17.9. The molecule has 3 nitrogen and oxygen atoms in total. The van der Waals surface area contributed by atoms with Crippen LogP contribution >= 0.6 is 0 Å². The molecule has 26 heavy (non-hydrogen) atoms. The van der Waals surface area contributed by atoms with Gasteiger partial charge in [0.2, 0.25) is 5.91 Å². The number of rotatable bonds is 3. The number of hydrogen-bond acceptors (Lipinski definition) is 2. The van der Waals surface area contributed by atoms with Crippen molar-refractivity contribution in [2.45, 2.75) is 32.4 Å². The second kappa shape index (κ2) is 7.58. The first-order valence-electron chi connectivity index (χ1n) is 9.52. The van der Waals surface area contributed by atoms with Crippen molar-refractivity contribution in [2.75, 3.05) is 19.6 Å². The van der Waals surface area contributed by atoms with Crippen LogP contribution in [0.1, 0.15) is 29.5 Å². The van der Waals surface area contributed by atoms with Crippen molar-refractivity contribution in [1.82, 2.24) is 9.80 Å². The SMILES string of the molecule is O=C([C@H]1CCCN(Cc2ccccc2F)C1)N1CCc2ccccc2C1. The third kappa shape index (κ3) is 3.65. The molecule has 0 spiro atoms. The predicted molar refractivity (Wildman–Crippen MR) is 100.0 cm³/mol. The van der Waals surface area contributed by atoms with Crippen LogP contribution in [0.4, 0.5) is 4.39 Å². The van der Waals surface area contributed by atoms with E-state index in [0.717, 1.165) is 45.4 Å². The molecule has 0 bridgehead atoms. The van der Waals surface area contributed by atoms with Crippen molar-refractivity contribution in [3.05, 3.63) is 71.0 Å². The van der Waals surface area contributed by atoms with Crippen LogP contribution in [0, 0.1) is 11.7 Å². The van der Waals surface area contributed by atoms with Crippen molar-refractivity contribution in [2.24, 2.45) is 5.92 Å². The van der Waals surface area contributed by atoms with E-state index in [1.54, 1.807) is 6.07 Å². The number of carbonyl (C=O) groups excluding carboxylic acids is 1. The molecule has 2 aliphatic rings. The Kier molecular flexibility index (Phi) is 5.02. The van der Waals surface area contributed by atoms with E-state index in [-0.39, 0.29) is 17.6 Å². The largest absolute Gasteiger partial charge is 0.338 e. The van der Waals surface area contributed by atoms with Gasteiger partial charge in [-0.15, -0.1) is 0 Å². The lowest BCUT2D eigenvalue weighted by Crippen LogP contribution is -2.46. The fraction of sp³-hybridized carbons (Fsp3) is 0.409.